The first-order valence-corrected chi connectivity index (χ1v) is 9.92. The Kier molecular flexibility index (Phi) is 4.40. The average Bonchev–Trinajstić information content (AvgIpc) is 2.96. The minimum absolute atomic E-state index is 0.178. The number of hydrogen-bond acceptors (Lipinski definition) is 3. The number of halogens is 3. The molecule has 1 amide bonds. The van der Waals surface area contributed by atoms with Gasteiger partial charge in [-0.15, -0.1) is 0 Å². The standard InChI is InChI=1S/C22H22F3N3O/c23-17-9-19(25)18(24)8-16(17)21(29)26-20-14-10-27-6-7-28(11-14)13-22(20,12-27)15-4-2-1-3-5-15/h1-5,8-9,14,20H,6-7,10-13H2,(H,26,29)/t14?,20-,22?/m1/s1. The van der Waals surface area contributed by atoms with E-state index >= 15 is 0 Å². The van der Waals surface area contributed by atoms with Gasteiger partial charge in [0.15, 0.2) is 11.6 Å². The van der Waals surface area contributed by atoms with Gasteiger partial charge in [-0.1, -0.05) is 30.3 Å². The number of piperidine rings is 2. The first-order chi connectivity index (χ1) is 14.0. The number of amides is 1. The molecule has 4 aliphatic rings. The Hall–Kier alpha value is -2.38. The molecule has 7 heteroatoms. The Balaban J connectivity index is 1.53. The van der Waals surface area contributed by atoms with Crippen LogP contribution < -0.4 is 5.32 Å². The first kappa shape index (κ1) is 18.6. The first-order valence-electron chi connectivity index (χ1n) is 9.92. The fourth-order valence-corrected chi connectivity index (χ4v) is 5.48. The van der Waals surface area contributed by atoms with E-state index in [-0.39, 0.29) is 17.4 Å². The third-order valence-electron chi connectivity index (χ3n) is 6.69. The van der Waals surface area contributed by atoms with E-state index in [0.29, 0.717) is 12.1 Å². The molecule has 0 aliphatic carbocycles. The summed E-state index contributed by atoms with van der Waals surface area (Å²) in [7, 11) is 0. The highest BCUT2D eigenvalue weighted by molar-refractivity contribution is 5.94. The van der Waals surface area contributed by atoms with Crippen LogP contribution in [-0.2, 0) is 5.41 Å². The SMILES string of the molecule is O=C(N[C@@H]1C2CN3CCN(C2)CC1(c1ccccc1)C3)c1cc(F)c(F)cc1F. The summed E-state index contributed by atoms with van der Waals surface area (Å²) in [5.41, 5.74) is 0.348. The molecule has 4 heterocycles. The van der Waals surface area contributed by atoms with E-state index in [1.165, 1.54) is 0 Å². The van der Waals surface area contributed by atoms with Crippen molar-refractivity contribution in [3.8, 4) is 0 Å². The van der Waals surface area contributed by atoms with Gasteiger partial charge in [0.25, 0.3) is 5.91 Å². The molecule has 1 N–H and O–H groups in total. The largest absolute Gasteiger partial charge is 0.348 e. The van der Waals surface area contributed by atoms with Crippen LogP contribution in [0.2, 0.25) is 0 Å². The number of rotatable bonds is 3. The fourth-order valence-electron chi connectivity index (χ4n) is 5.48. The predicted molar refractivity (Wildman–Crippen MR) is 102 cm³/mol. The van der Waals surface area contributed by atoms with Crippen LogP contribution in [0.5, 0.6) is 0 Å². The molecule has 4 fully saturated rings. The summed E-state index contributed by atoms with van der Waals surface area (Å²) >= 11 is 0. The van der Waals surface area contributed by atoms with Crippen molar-refractivity contribution in [2.75, 3.05) is 39.3 Å². The van der Waals surface area contributed by atoms with Gasteiger partial charge in [0, 0.05) is 62.7 Å². The molecule has 4 saturated heterocycles. The van der Waals surface area contributed by atoms with Crippen molar-refractivity contribution in [1.29, 1.82) is 0 Å². The summed E-state index contributed by atoms with van der Waals surface area (Å²) in [6, 6.07) is 10.9. The molecule has 4 bridgehead atoms. The molecule has 0 spiro atoms. The van der Waals surface area contributed by atoms with Crippen LogP contribution >= 0.6 is 0 Å². The smallest absolute Gasteiger partial charge is 0.254 e. The van der Waals surface area contributed by atoms with Crippen molar-refractivity contribution in [3.05, 3.63) is 71.0 Å². The molecule has 2 aromatic rings. The summed E-state index contributed by atoms with van der Waals surface area (Å²) in [6.45, 7) is 5.30. The van der Waals surface area contributed by atoms with Gasteiger partial charge in [-0.05, 0) is 11.6 Å². The highest BCUT2D eigenvalue weighted by atomic mass is 19.2. The number of nitrogens with zero attached hydrogens (tertiary/aromatic N) is 2. The van der Waals surface area contributed by atoms with Crippen LogP contribution in [0.4, 0.5) is 13.2 Å². The zero-order valence-corrected chi connectivity index (χ0v) is 15.9. The number of fused-ring (bicyclic) bond motifs is 1. The minimum atomic E-state index is -1.30. The maximum absolute atomic E-state index is 14.2. The Morgan fingerprint density at radius 3 is 2.21 bits per heavy atom. The number of nitrogens with one attached hydrogen (secondary N) is 1. The van der Waals surface area contributed by atoms with Crippen LogP contribution in [0.3, 0.4) is 0 Å². The molecule has 152 valence electrons. The molecule has 4 nitrogen and oxygen atoms in total. The van der Waals surface area contributed by atoms with E-state index in [2.05, 4.69) is 27.2 Å². The van der Waals surface area contributed by atoms with Gasteiger partial charge >= 0.3 is 0 Å². The molecule has 0 aromatic heterocycles. The lowest BCUT2D eigenvalue weighted by Crippen LogP contribution is -2.70. The predicted octanol–water partition coefficient (Wildman–Crippen LogP) is 2.40. The Morgan fingerprint density at radius 2 is 1.55 bits per heavy atom. The van der Waals surface area contributed by atoms with E-state index in [0.717, 1.165) is 44.8 Å². The van der Waals surface area contributed by atoms with Crippen LogP contribution in [0.25, 0.3) is 0 Å². The van der Waals surface area contributed by atoms with Crippen LogP contribution in [0.15, 0.2) is 42.5 Å². The number of benzene rings is 2. The van der Waals surface area contributed by atoms with Gasteiger partial charge in [0.2, 0.25) is 0 Å². The topological polar surface area (TPSA) is 35.6 Å². The van der Waals surface area contributed by atoms with E-state index < -0.39 is 28.9 Å². The van der Waals surface area contributed by atoms with Gasteiger partial charge in [-0.2, -0.15) is 0 Å². The quantitative estimate of drug-likeness (QED) is 0.803. The molecule has 6 rings (SSSR count). The molecular formula is C22H22F3N3O. The third kappa shape index (κ3) is 3.04. The third-order valence-corrected chi connectivity index (χ3v) is 6.69. The van der Waals surface area contributed by atoms with E-state index in [4.69, 9.17) is 0 Å². The van der Waals surface area contributed by atoms with Crippen LogP contribution in [0.1, 0.15) is 15.9 Å². The van der Waals surface area contributed by atoms with Crippen LogP contribution in [-0.4, -0.2) is 61.0 Å². The van der Waals surface area contributed by atoms with Crippen LogP contribution in [0, 0.1) is 23.4 Å². The maximum Gasteiger partial charge on any atom is 0.254 e. The Morgan fingerprint density at radius 1 is 0.931 bits per heavy atom. The zero-order chi connectivity index (χ0) is 20.2. The van der Waals surface area contributed by atoms with Gasteiger partial charge in [-0.25, -0.2) is 13.2 Å². The number of carbonyl (C=O) groups is 1. The lowest BCUT2D eigenvalue weighted by Gasteiger charge is -2.55. The number of carbonyl (C=O) groups excluding carboxylic acids is 1. The molecule has 29 heavy (non-hydrogen) atoms. The summed E-state index contributed by atoms with van der Waals surface area (Å²) < 4.78 is 41.1. The van der Waals surface area contributed by atoms with E-state index in [1.807, 2.05) is 18.2 Å². The maximum atomic E-state index is 14.2. The fraction of sp³-hybridized carbons (Fsp3) is 0.409. The molecule has 3 atom stereocenters. The van der Waals surface area contributed by atoms with E-state index in [1.54, 1.807) is 0 Å². The van der Waals surface area contributed by atoms with Gasteiger partial charge in [0.05, 0.1) is 5.56 Å². The van der Waals surface area contributed by atoms with Gasteiger partial charge in [0.1, 0.15) is 5.82 Å². The van der Waals surface area contributed by atoms with Crippen molar-refractivity contribution in [2.24, 2.45) is 5.92 Å². The van der Waals surface area contributed by atoms with Crippen molar-refractivity contribution >= 4 is 5.91 Å². The summed E-state index contributed by atoms with van der Waals surface area (Å²) in [4.78, 5) is 17.8. The molecule has 2 unspecified atom stereocenters. The highest BCUT2D eigenvalue weighted by Crippen LogP contribution is 2.43. The Labute approximate surface area is 167 Å². The van der Waals surface area contributed by atoms with Crippen molar-refractivity contribution < 1.29 is 18.0 Å². The minimum Gasteiger partial charge on any atom is -0.348 e. The highest BCUT2D eigenvalue weighted by Gasteiger charge is 2.55. The second kappa shape index (κ2) is 6.85. The summed E-state index contributed by atoms with van der Waals surface area (Å²) in [6.07, 6.45) is 0. The van der Waals surface area contributed by atoms with Gasteiger partial charge < -0.3 is 15.1 Å². The Bertz CT molecular complexity index is 936. The lowest BCUT2D eigenvalue weighted by molar-refractivity contribution is 0.0179. The van der Waals surface area contributed by atoms with Crippen molar-refractivity contribution in [2.45, 2.75) is 11.5 Å². The van der Waals surface area contributed by atoms with Crippen molar-refractivity contribution in [3.63, 3.8) is 0 Å². The molecule has 0 radical (unpaired) electrons. The number of hydrogen-bond donors (Lipinski definition) is 1. The van der Waals surface area contributed by atoms with Gasteiger partial charge in [-0.3, -0.25) is 4.79 Å². The molecule has 2 aromatic carbocycles. The second-order valence-electron chi connectivity index (χ2n) is 8.45. The second-order valence-corrected chi connectivity index (χ2v) is 8.45. The van der Waals surface area contributed by atoms with Crippen molar-refractivity contribution in [1.82, 2.24) is 15.1 Å². The van der Waals surface area contributed by atoms with E-state index in [9.17, 15) is 18.0 Å². The normalized spacial score (nSPS) is 32.8. The molecular weight excluding hydrogens is 379 g/mol. The monoisotopic (exact) mass is 401 g/mol. The molecule has 0 saturated carbocycles. The molecule has 4 aliphatic heterocycles. The average molecular weight is 401 g/mol. The summed E-state index contributed by atoms with van der Waals surface area (Å²) in [5, 5.41) is 3.01. The lowest BCUT2D eigenvalue weighted by atomic mass is 9.64. The zero-order valence-electron chi connectivity index (χ0n) is 15.9. The summed E-state index contributed by atoms with van der Waals surface area (Å²) in [5.74, 6) is -4.10.